The lowest BCUT2D eigenvalue weighted by Crippen LogP contribution is -2.52. The molecule has 0 saturated heterocycles. The van der Waals surface area contributed by atoms with Crippen molar-refractivity contribution in [1.29, 1.82) is 0 Å². The molecule has 1 aliphatic heterocycles. The largest absolute Gasteiger partial charge is 0.396 e. The average molecular weight is 338 g/mol. The first kappa shape index (κ1) is 17.2. The number of carbonyl (C=O) groups excluding carboxylic acids is 2. The molecule has 0 saturated carbocycles. The Morgan fingerprint density at radius 2 is 1.72 bits per heavy atom. The van der Waals surface area contributed by atoms with Crippen LogP contribution in [0.5, 0.6) is 0 Å². The summed E-state index contributed by atoms with van der Waals surface area (Å²) in [6.07, 6.45) is 1.00. The van der Waals surface area contributed by atoms with Crippen LogP contribution in [0.3, 0.4) is 0 Å². The molecular formula is C20H22N2O3. The second-order valence-electron chi connectivity index (χ2n) is 6.16. The number of rotatable bonds is 5. The summed E-state index contributed by atoms with van der Waals surface area (Å²) in [7, 11) is 0. The Morgan fingerprint density at radius 1 is 1.04 bits per heavy atom. The van der Waals surface area contributed by atoms with Gasteiger partial charge >= 0.3 is 0 Å². The van der Waals surface area contributed by atoms with Crippen molar-refractivity contribution >= 4 is 11.8 Å². The lowest BCUT2D eigenvalue weighted by atomic mass is 9.92. The second-order valence-corrected chi connectivity index (χ2v) is 6.16. The SMILES string of the molecule is O=C(NCCCO)[C@@H]1Cc2ccccc2CN1C(=O)c1ccccc1. The van der Waals surface area contributed by atoms with E-state index in [0.717, 1.165) is 11.1 Å². The first-order chi connectivity index (χ1) is 12.2. The highest BCUT2D eigenvalue weighted by molar-refractivity contribution is 5.98. The molecule has 0 aromatic heterocycles. The van der Waals surface area contributed by atoms with Crippen molar-refractivity contribution in [3.05, 3.63) is 71.3 Å². The molecule has 130 valence electrons. The predicted molar refractivity (Wildman–Crippen MR) is 95.0 cm³/mol. The summed E-state index contributed by atoms with van der Waals surface area (Å²) in [4.78, 5) is 27.2. The molecule has 0 radical (unpaired) electrons. The monoisotopic (exact) mass is 338 g/mol. The summed E-state index contributed by atoms with van der Waals surface area (Å²) in [5.41, 5.74) is 2.75. The van der Waals surface area contributed by atoms with Gasteiger partial charge in [0.2, 0.25) is 5.91 Å². The minimum atomic E-state index is -0.540. The average Bonchev–Trinajstić information content (AvgIpc) is 2.67. The van der Waals surface area contributed by atoms with Gasteiger partial charge in [-0.15, -0.1) is 0 Å². The van der Waals surface area contributed by atoms with Crippen molar-refractivity contribution < 1.29 is 14.7 Å². The van der Waals surface area contributed by atoms with E-state index >= 15 is 0 Å². The molecule has 2 N–H and O–H groups in total. The highest BCUT2D eigenvalue weighted by atomic mass is 16.3. The highest BCUT2D eigenvalue weighted by Crippen LogP contribution is 2.25. The van der Waals surface area contributed by atoms with E-state index in [0.29, 0.717) is 31.5 Å². The Labute approximate surface area is 147 Å². The zero-order valence-corrected chi connectivity index (χ0v) is 14.0. The molecule has 5 heteroatoms. The lowest BCUT2D eigenvalue weighted by molar-refractivity contribution is -0.126. The van der Waals surface area contributed by atoms with Crippen LogP contribution in [0, 0.1) is 0 Å². The number of aliphatic hydroxyl groups is 1. The third kappa shape index (κ3) is 3.88. The summed E-state index contributed by atoms with van der Waals surface area (Å²) < 4.78 is 0. The molecule has 3 rings (SSSR count). The number of nitrogens with zero attached hydrogens (tertiary/aromatic N) is 1. The van der Waals surface area contributed by atoms with Crippen LogP contribution in [0.2, 0.25) is 0 Å². The van der Waals surface area contributed by atoms with Gasteiger partial charge in [0.15, 0.2) is 0 Å². The van der Waals surface area contributed by atoms with E-state index in [1.165, 1.54) is 0 Å². The number of fused-ring (bicyclic) bond motifs is 1. The van der Waals surface area contributed by atoms with Gasteiger partial charge in [-0.05, 0) is 29.7 Å². The lowest BCUT2D eigenvalue weighted by Gasteiger charge is -2.36. The first-order valence-electron chi connectivity index (χ1n) is 8.52. The fourth-order valence-electron chi connectivity index (χ4n) is 3.13. The summed E-state index contributed by atoms with van der Waals surface area (Å²) in [6.45, 7) is 0.850. The van der Waals surface area contributed by atoms with Gasteiger partial charge < -0.3 is 15.3 Å². The smallest absolute Gasteiger partial charge is 0.254 e. The van der Waals surface area contributed by atoms with Gasteiger partial charge in [0.25, 0.3) is 5.91 Å². The molecule has 0 bridgehead atoms. The van der Waals surface area contributed by atoms with Crippen LogP contribution in [0.25, 0.3) is 0 Å². The van der Waals surface area contributed by atoms with E-state index in [1.807, 2.05) is 42.5 Å². The maximum atomic E-state index is 13.0. The fraction of sp³-hybridized carbons (Fsp3) is 0.300. The molecule has 5 nitrogen and oxygen atoms in total. The Hall–Kier alpha value is -2.66. The van der Waals surface area contributed by atoms with E-state index in [-0.39, 0.29) is 18.4 Å². The molecule has 25 heavy (non-hydrogen) atoms. The van der Waals surface area contributed by atoms with E-state index in [2.05, 4.69) is 5.32 Å². The minimum absolute atomic E-state index is 0.0282. The van der Waals surface area contributed by atoms with E-state index < -0.39 is 6.04 Å². The van der Waals surface area contributed by atoms with Crippen LogP contribution in [-0.4, -0.2) is 41.0 Å². The Morgan fingerprint density at radius 3 is 2.44 bits per heavy atom. The first-order valence-corrected chi connectivity index (χ1v) is 8.52. The van der Waals surface area contributed by atoms with Crippen molar-refractivity contribution in [3.8, 4) is 0 Å². The molecule has 2 aromatic carbocycles. The number of amides is 2. The van der Waals surface area contributed by atoms with Crippen LogP contribution in [-0.2, 0) is 17.8 Å². The van der Waals surface area contributed by atoms with Gasteiger partial charge in [-0.3, -0.25) is 9.59 Å². The van der Waals surface area contributed by atoms with Crippen molar-refractivity contribution in [2.24, 2.45) is 0 Å². The number of nitrogens with one attached hydrogen (secondary N) is 1. The van der Waals surface area contributed by atoms with Crippen molar-refractivity contribution in [2.75, 3.05) is 13.2 Å². The summed E-state index contributed by atoms with van der Waals surface area (Å²) >= 11 is 0. The van der Waals surface area contributed by atoms with Crippen LogP contribution in [0.15, 0.2) is 54.6 Å². The number of aliphatic hydroxyl groups excluding tert-OH is 1. The van der Waals surface area contributed by atoms with E-state index in [1.54, 1.807) is 17.0 Å². The summed E-state index contributed by atoms with van der Waals surface area (Å²) in [5.74, 6) is -0.315. The Bertz CT molecular complexity index is 746. The zero-order chi connectivity index (χ0) is 17.6. The quantitative estimate of drug-likeness (QED) is 0.816. The molecule has 1 aliphatic rings. The van der Waals surface area contributed by atoms with Crippen LogP contribution in [0.4, 0.5) is 0 Å². The molecule has 1 atom stereocenters. The molecule has 0 aliphatic carbocycles. The maximum Gasteiger partial charge on any atom is 0.254 e. The highest BCUT2D eigenvalue weighted by Gasteiger charge is 2.34. The molecule has 2 amide bonds. The number of carbonyl (C=O) groups is 2. The molecule has 1 heterocycles. The third-order valence-electron chi connectivity index (χ3n) is 4.47. The Balaban J connectivity index is 1.86. The fourth-order valence-corrected chi connectivity index (χ4v) is 3.13. The standard InChI is InChI=1S/C20H22N2O3/c23-12-6-11-21-19(24)18-13-16-9-4-5-10-17(16)14-22(18)20(25)15-7-2-1-3-8-15/h1-5,7-10,18,23H,6,11-14H2,(H,21,24)/t18-/m0/s1. The normalized spacial score (nSPS) is 16.2. The predicted octanol–water partition coefficient (Wildman–Crippen LogP) is 1.75. The van der Waals surface area contributed by atoms with Gasteiger partial charge in [-0.25, -0.2) is 0 Å². The van der Waals surface area contributed by atoms with Crippen molar-refractivity contribution in [3.63, 3.8) is 0 Å². The molecule has 2 aromatic rings. The maximum absolute atomic E-state index is 13.0. The van der Waals surface area contributed by atoms with Crippen molar-refractivity contribution in [2.45, 2.75) is 25.4 Å². The zero-order valence-electron chi connectivity index (χ0n) is 14.0. The van der Waals surface area contributed by atoms with Gasteiger partial charge in [0.05, 0.1) is 0 Å². The molecular weight excluding hydrogens is 316 g/mol. The molecule has 0 fully saturated rings. The van der Waals surface area contributed by atoms with E-state index in [4.69, 9.17) is 5.11 Å². The number of benzene rings is 2. The van der Waals surface area contributed by atoms with Crippen LogP contribution < -0.4 is 5.32 Å². The summed E-state index contributed by atoms with van der Waals surface area (Å²) in [5, 5.41) is 11.7. The van der Waals surface area contributed by atoms with Gasteiger partial charge in [-0.2, -0.15) is 0 Å². The summed E-state index contributed by atoms with van der Waals surface area (Å²) in [6, 6.07) is 16.4. The van der Waals surface area contributed by atoms with Crippen molar-refractivity contribution in [1.82, 2.24) is 10.2 Å². The van der Waals surface area contributed by atoms with Crippen LogP contribution >= 0.6 is 0 Å². The van der Waals surface area contributed by atoms with Gasteiger partial charge in [-0.1, -0.05) is 42.5 Å². The topological polar surface area (TPSA) is 69.6 Å². The second kappa shape index (κ2) is 7.94. The van der Waals surface area contributed by atoms with Gasteiger partial charge in [0.1, 0.15) is 6.04 Å². The van der Waals surface area contributed by atoms with E-state index in [9.17, 15) is 9.59 Å². The number of hydrogen-bond donors (Lipinski definition) is 2. The third-order valence-corrected chi connectivity index (χ3v) is 4.47. The minimum Gasteiger partial charge on any atom is -0.396 e. The molecule has 0 unspecified atom stereocenters. The Kier molecular flexibility index (Phi) is 5.46. The van der Waals surface area contributed by atoms with Crippen LogP contribution in [0.1, 0.15) is 27.9 Å². The van der Waals surface area contributed by atoms with Gasteiger partial charge in [0, 0.05) is 31.7 Å². The number of hydrogen-bond acceptors (Lipinski definition) is 3. The molecule has 0 spiro atoms.